The number of halogens is 1. The molecule has 0 unspecified atom stereocenters. The van der Waals surface area contributed by atoms with Gasteiger partial charge in [-0.25, -0.2) is 9.78 Å². The van der Waals surface area contributed by atoms with Gasteiger partial charge < -0.3 is 9.52 Å². The molecular weight excluding hydrogens is 320 g/mol. The average Bonchev–Trinajstić information content (AvgIpc) is 2.76. The Morgan fingerprint density at radius 3 is 2.57 bits per heavy atom. The van der Waals surface area contributed by atoms with Gasteiger partial charge in [-0.3, -0.25) is 4.72 Å². The SMILES string of the molecule is Cc1ccc(NS(=O)(=O)c2nc(C)c(C(=O)O)o2)c(Cl)c1. The van der Waals surface area contributed by atoms with E-state index in [0.717, 1.165) is 5.56 Å². The highest BCUT2D eigenvalue weighted by molar-refractivity contribution is 7.92. The molecule has 7 nitrogen and oxygen atoms in total. The van der Waals surface area contributed by atoms with E-state index in [2.05, 4.69) is 9.71 Å². The third-order valence-electron chi connectivity index (χ3n) is 2.57. The number of hydrogen-bond acceptors (Lipinski definition) is 5. The lowest BCUT2D eigenvalue weighted by Crippen LogP contribution is -2.13. The number of hydrogen-bond donors (Lipinski definition) is 2. The largest absolute Gasteiger partial charge is 0.475 e. The van der Waals surface area contributed by atoms with Crippen molar-refractivity contribution in [3.05, 3.63) is 40.2 Å². The summed E-state index contributed by atoms with van der Waals surface area (Å²) in [7, 11) is -4.16. The van der Waals surface area contributed by atoms with E-state index < -0.39 is 27.0 Å². The molecule has 0 saturated carbocycles. The maximum absolute atomic E-state index is 12.1. The van der Waals surface area contributed by atoms with Crippen LogP contribution in [-0.2, 0) is 10.0 Å². The van der Waals surface area contributed by atoms with Crippen LogP contribution in [0.1, 0.15) is 21.8 Å². The van der Waals surface area contributed by atoms with Crippen molar-refractivity contribution in [1.82, 2.24) is 4.98 Å². The average molecular weight is 331 g/mol. The minimum absolute atomic E-state index is 0.0297. The number of carboxylic acids is 1. The Kier molecular flexibility index (Phi) is 3.93. The fourth-order valence-corrected chi connectivity index (χ4v) is 2.92. The van der Waals surface area contributed by atoms with Crippen molar-refractivity contribution in [3.8, 4) is 0 Å². The highest BCUT2D eigenvalue weighted by atomic mass is 35.5. The number of rotatable bonds is 4. The summed E-state index contributed by atoms with van der Waals surface area (Å²) in [5, 5.41) is 8.32. The minimum atomic E-state index is -4.16. The molecule has 9 heteroatoms. The van der Waals surface area contributed by atoms with E-state index in [1.165, 1.54) is 13.0 Å². The number of oxazole rings is 1. The van der Waals surface area contributed by atoms with Crippen LogP contribution in [-0.4, -0.2) is 24.5 Å². The summed E-state index contributed by atoms with van der Waals surface area (Å²) >= 11 is 5.94. The third kappa shape index (κ3) is 3.17. The molecule has 0 radical (unpaired) electrons. The lowest BCUT2D eigenvalue weighted by molar-refractivity contribution is 0.0655. The zero-order valence-electron chi connectivity index (χ0n) is 11.0. The standard InChI is InChI=1S/C12H11ClN2O5S/c1-6-3-4-9(8(13)5-6)15-21(18,19)12-14-7(2)10(20-12)11(16)17/h3-5,15H,1-2H3,(H,16,17). The number of anilines is 1. The van der Waals surface area contributed by atoms with Crippen LogP contribution in [0.15, 0.2) is 27.8 Å². The maximum atomic E-state index is 12.1. The van der Waals surface area contributed by atoms with Gasteiger partial charge in [-0.2, -0.15) is 8.42 Å². The number of carboxylic acid groups (broad SMARTS) is 1. The van der Waals surface area contributed by atoms with E-state index in [9.17, 15) is 13.2 Å². The molecular formula is C12H11ClN2O5S. The first-order valence-electron chi connectivity index (χ1n) is 5.70. The molecule has 21 heavy (non-hydrogen) atoms. The Morgan fingerprint density at radius 1 is 1.38 bits per heavy atom. The van der Waals surface area contributed by atoms with Crippen LogP contribution in [0.25, 0.3) is 0 Å². The van der Waals surface area contributed by atoms with E-state index in [1.54, 1.807) is 19.1 Å². The summed E-state index contributed by atoms with van der Waals surface area (Å²) < 4.78 is 31.2. The molecule has 112 valence electrons. The second-order valence-corrected chi connectivity index (χ2v) is 6.26. The molecule has 1 aromatic heterocycles. The van der Waals surface area contributed by atoms with Crippen molar-refractivity contribution in [2.75, 3.05) is 4.72 Å². The summed E-state index contributed by atoms with van der Waals surface area (Å²) in [5.41, 5.74) is 0.982. The Bertz CT molecular complexity index is 813. The molecule has 0 bridgehead atoms. The molecule has 0 atom stereocenters. The summed E-state index contributed by atoms with van der Waals surface area (Å²) in [6.45, 7) is 3.14. The topological polar surface area (TPSA) is 110 Å². The number of aromatic carboxylic acids is 1. The molecule has 0 saturated heterocycles. The van der Waals surface area contributed by atoms with Crippen molar-refractivity contribution in [2.45, 2.75) is 19.1 Å². The van der Waals surface area contributed by atoms with Crippen LogP contribution in [0.3, 0.4) is 0 Å². The molecule has 0 amide bonds. The van der Waals surface area contributed by atoms with Crippen molar-refractivity contribution < 1.29 is 22.7 Å². The molecule has 2 aromatic rings. The Morgan fingerprint density at radius 2 is 2.05 bits per heavy atom. The van der Waals surface area contributed by atoms with Gasteiger partial charge in [-0.1, -0.05) is 17.7 Å². The first-order chi connectivity index (χ1) is 9.70. The van der Waals surface area contributed by atoms with Gasteiger partial charge >= 0.3 is 21.2 Å². The minimum Gasteiger partial charge on any atom is -0.475 e. The van der Waals surface area contributed by atoms with Gasteiger partial charge in [0.25, 0.3) is 0 Å². The van der Waals surface area contributed by atoms with Crippen molar-refractivity contribution in [3.63, 3.8) is 0 Å². The number of aryl methyl sites for hydroxylation is 2. The molecule has 0 fully saturated rings. The van der Waals surface area contributed by atoms with E-state index in [4.69, 9.17) is 21.1 Å². The maximum Gasteiger partial charge on any atom is 0.373 e. The van der Waals surface area contributed by atoms with E-state index in [-0.39, 0.29) is 16.4 Å². The normalized spacial score (nSPS) is 11.4. The summed E-state index contributed by atoms with van der Waals surface area (Å²) in [6.07, 6.45) is 0. The summed E-state index contributed by atoms with van der Waals surface area (Å²) in [5.74, 6) is -1.92. The van der Waals surface area contributed by atoms with Gasteiger partial charge in [-0.15, -0.1) is 0 Å². The predicted octanol–water partition coefficient (Wildman–Crippen LogP) is 2.44. The number of nitrogens with one attached hydrogen (secondary N) is 1. The highest BCUT2D eigenvalue weighted by Crippen LogP contribution is 2.26. The molecule has 1 aromatic carbocycles. The first kappa shape index (κ1) is 15.3. The monoisotopic (exact) mass is 330 g/mol. The van der Waals surface area contributed by atoms with Crippen molar-refractivity contribution >= 4 is 33.3 Å². The smallest absolute Gasteiger partial charge is 0.373 e. The molecule has 0 aliphatic heterocycles. The molecule has 1 heterocycles. The third-order valence-corrected chi connectivity index (χ3v) is 4.01. The highest BCUT2D eigenvalue weighted by Gasteiger charge is 2.26. The molecule has 0 aliphatic rings. The van der Waals surface area contributed by atoms with E-state index >= 15 is 0 Å². The van der Waals surface area contributed by atoms with E-state index in [0.29, 0.717) is 0 Å². The van der Waals surface area contributed by atoms with Gasteiger partial charge in [0.1, 0.15) is 0 Å². The van der Waals surface area contributed by atoms with Crippen molar-refractivity contribution in [1.29, 1.82) is 0 Å². The van der Waals surface area contributed by atoms with Crippen LogP contribution in [0, 0.1) is 13.8 Å². The van der Waals surface area contributed by atoms with Gasteiger partial charge in [0, 0.05) is 0 Å². The number of nitrogens with zero attached hydrogens (tertiary/aromatic N) is 1. The first-order valence-corrected chi connectivity index (χ1v) is 7.56. The van der Waals surface area contributed by atoms with Crippen LogP contribution in [0.2, 0.25) is 5.02 Å². The lowest BCUT2D eigenvalue weighted by atomic mass is 10.2. The zero-order chi connectivity index (χ0) is 15.8. The molecule has 0 aliphatic carbocycles. The Hall–Kier alpha value is -2.06. The fourth-order valence-electron chi connectivity index (χ4n) is 1.58. The number of benzene rings is 1. The Balaban J connectivity index is 2.38. The Labute approximate surface area is 125 Å². The lowest BCUT2D eigenvalue weighted by Gasteiger charge is -2.07. The molecule has 2 N–H and O–H groups in total. The molecule has 0 spiro atoms. The van der Waals surface area contributed by atoms with E-state index in [1.807, 2.05) is 0 Å². The van der Waals surface area contributed by atoms with Crippen molar-refractivity contribution in [2.24, 2.45) is 0 Å². The quantitative estimate of drug-likeness (QED) is 0.891. The predicted molar refractivity (Wildman–Crippen MR) is 75.2 cm³/mol. The van der Waals surface area contributed by atoms with Gasteiger partial charge in [-0.05, 0) is 31.5 Å². The fraction of sp³-hybridized carbons (Fsp3) is 0.167. The van der Waals surface area contributed by atoms with Crippen LogP contribution < -0.4 is 4.72 Å². The number of sulfonamides is 1. The van der Waals surface area contributed by atoms with Crippen LogP contribution in [0.5, 0.6) is 0 Å². The van der Waals surface area contributed by atoms with Gasteiger partial charge in [0.15, 0.2) is 0 Å². The summed E-state index contributed by atoms with van der Waals surface area (Å²) in [4.78, 5) is 14.4. The van der Waals surface area contributed by atoms with Crippen LogP contribution >= 0.6 is 11.6 Å². The zero-order valence-corrected chi connectivity index (χ0v) is 12.6. The number of carbonyl (C=O) groups is 1. The second-order valence-electron chi connectivity index (χ2n) is 4.29. The second kappa shape index (κ2) is 5.38. The van der Waals surface area contributed by atoms with Gasteiger partial charge in [0.05, 0.1) is 16.4 Å². The number of aromatic nitrogens is 1. The van der Waals surface area contributed by atoms with Gasteiger partial charge in [0.2, 0.25) is 5.76 Å². The summed E-state index contributed by atoms with van der Waals surface area (Å²) in [6, 6.07) is 4.75. The van der Waals surface area contributed by atoms with Crippen LogP contribution in [0.4, 0.5) is 5.69 Å². The molecule has 2 rings (SSSR count).